The Hall–Kier alpha value is -1.59. The van der Waals surface area contributed by atoms with E-state index in [2.05, 4.69) is 36.7 Å². The van der Waals surface area contributed by atoms with E-state index in [9.17, 15) is 14.4 Å². The second-order valence-electron chi connectivity index (χ2n) is 18.2. The summed E-state index contributed by atoms with van der Waals surface area (Å²) in [5.74, 6) is 2.43. The Labute approximate surface area is 356 Å². The van der Waals surface area contributed by atoms with Crippen LogP contribution in [-0.4, -0.2) is 37.9 Å². The molecule has 0 bridgehead atoms. The van der Waals surface area contributed by atoms with E-state index in [-0.39, 0.29) is 17.7 Å². The molecule has 0 rings (SSSR count). The first-order valence-electron chi connectivity index (χ1n) is 25.6. The summed E-state index contributed by atoms with van der Waals surface area (Å²) in [4.78, 5) is 35.5. The molecule has 0 aromatic heterocycles. The molecule has 0 heterocycles. The molecule has 0 fully saturated rings. The molecular weight excluding hydrogens is 703 g/mol. The van der Waals surface area contributed by atoms with Crippen molar-refractivity contribution in [1.82, 2.24) is 16.0 Å². The summed E-state index contributed by atoms with van der Waals surface area (Å²) in [6.07, 6.45) is 49.8. The van der Waals surface area contributed by atoms with Crippen LogP contribution in [0.15, 0.2) is 0 Å². The zero-order valence-electron chi connectivity index (χ0n) is 39.2. The lowest BCUT2D eigenvalue weighted by molar-refractivity contribution is -0.122. The minimum absolute atomic E-state index is 0.0548. The summed E-state index contributed by atoms with van der Waals surface area (Å²) in [6, 6.07) is 0. The van der Waals surface area contributed by atoms with Crippen molar-refractivity contribution >= 4 is 17.7 Å². The Morgan fingerprint density at radius 1 is 0.404 bits per heavy atom. The first kappa shape index (κ1) is 55.4. The summed E-state index contributed by atoms with van der Waals surface area (Å²) in [7, 11) is 1.76. The Balaban J connectivity index is 4.50. The van der Waals surface area contributed by atoms with E-state index in [4.69, 9.17) is 0 Å². The van der Waals surface area contributed by atoms with Crippen molar-refractivity contribution in [1.29, 1.82) is 0 Å². The maximum Gasteiger partial charge on any atom is 0.220 e. The Kier molecular flexibility index (Phi) is 42.7. The van der Waals surface area contributed by atoms with Gasteiger partial charge in [-0.05, 0) is 43.4 Å². The lowest BCUT2D eigenvalue weighted by Crippen LogP contribution is -2.33. The topological polar surface area (TPSA) is 87.3 Å². The van der Waals surface area contributed by atoms with Crippen LogP contribution in [0.25, 0.3) is 0 Å². The summed E-state index contributed by atoms with van der Waals surface area (Å²) in [5.41, 5.74) is 0. The van der Waals surface area contributed by atoms with Crippen LogP contribution in [0, 0.1) is 17.8 Å². The predicted molar refractivity (Wildman–Crippen MR) is 249 cm³/mol. The van der Waals surface area contributed by atoms with Crippen LogP contribution in [0.1, 0.15) is 272 Å². The van der Waals surface area contributed by atoms with Crippen molar-refractivity contribution in [3.8, 4) is 0 Å². The van der Waals surface area contributed by atoms with Gasteiger partial charge < -0.3 is 16.0 Å². The van der Waals surface area contributed by atoms with E-state index in [1.807, 2.05) is 0 Å². The van der Waals surface area contributed by atoms with Gasteiger partial charge in [0.05, 0.1) is 0 Å². The molecular formula is C51H101N3O3. The van der Waals surface area contributed by atoms with Gasteiger partial charge in [0, 0.05) is 39.9 Å². The highest BCUT2D eigenvalue weighted by Gasteiger charge is 2.18. The molecule has 3 N–H and O–H groups in total. The van der Waals surface area contributed by atoms with Gasteiger partial charge in [0.25, 0.3) is 0 Å². The van der Waals surface area contributed by atoms with Crippen LogP contribution >= 0.6 is 0 Å². The molecule has 0 saturated carbocycles. The van der Waals surface area contributed by atoms with Gasteiger partial charge in [-0.25, -0.2) is 0 Å². The average Bonchev–Trinajstić information content (AvgIpc) is 3.20. The van der Waals surface area contributed by atoms with Crippen LogP contribution in [-0.2, 0) is 14.4 Å². The van der Waals surface area contributed by atoms with E-state index in [0.717, 1.165) is 31.1 Å². The highest BCUT2D eigenvalue weighted by atomic mass is 16.2. The maximum atomic E-state index is 12.4. The fraction of sp³-hybridized carbons (Fsp3) is 0.941. The van der Waals surface area contributed by atoms with Crippen molar-refractivity contribution in [3.63, 3.8) is 0 Å². The van der Waals surface area contributed by atoms with Gasteiger partial charge in [-0.15, -0.1) is 0 Å². The van der Waals surface area contributed by atoms with E-state index in [1.165, 1.54) is 219 Å². The SMILES string of the molecule is CCCCCCCCCCCCCCCCCCC(CCCCCCC(CCCC(=O)NCCNC(C)=O)C(C)CCCCCCCCCC)CCCC(=O)NC. The minimum atomic E-state index is -0.0548. The molecule has 0 aliphatic rings. The molecule has 6 nitrogen and oxygen atoms in total. The molecule has 0 spiro atoms. The molecule has 6 heteroatoms. The molecule has 338 valence electrons. The fourth-order valence-electron chi connectivity index (χ4n) is 8.89. The average molecular weight is 804 g/mol. The number of rotatable bonds is 45. The van der Waals surface area contributed by atoms with Crippen molar-refractivity contribution in [2.45, 2.75) is 272 Å². The van der Waals surface area contributed by atoms with Crippen LogP contribution in [0.3, 0.4) is 0 Å². The highest BCUT2D eigenvalue weighted by molar-refractivity contribution is 5.76. The molecule has 0 aliphatic carbocycles. The highest BCUT2D eigenvalue weighted by Crippen LogP contribution is 2.30. The van der Waals surface area contributed by atoms with Crippen LogP contribution in [0.4, 0.5) is 0 Å². The monoisotopic (exact) mass is 804 g/mol. The molecule has 0 aromatic carbocycles. The fourth-order valence-corrected chi connectivity index (χ4v) is 8.89. The van der Waals surface area contributed by atoms with Gasteiger partial charge >= 0.3 is 0 Å². The van der Waals surface area contributed by atoms with E-state index < -0.39 is 0 Å². The van der Waals surface area contributed by atoms with E-state index in [0.29, 0.717) is 31.8 Å². The summed E-state index contributed by atoms with van der Waals surface area (Å²) in [6.45, 7) is 9.57. The largest absolute Gasteiger partial charge is 0.359 e. The number of carbonyl (C=O) groups excluding carboxylic acids is 3. The second-order valence-corrected chi connectivity index (χ2v) is 18.2. The molecule has 3 amide bonds. The molecule has 0 aromatic rings. The first-order valence-corrected chi connectivity index (χ1v) is 25.6. The van der Waals surface area contributed by atoms with Crippen molar-refractivity contribution < 1.29 is 14.4 Å². The van der Waals surface area contributed by atoms with Crippen molar-refractivity contribution in [3.05, 3.63) is 0 Å². The minimum Gasteiger partial charge on any atom is -0.359 e. The number of hydrogen-bond acceptors (Lipinski definition) is 3. The smallest absolute Gasteiger partial charge is 0.220 e. The maximum absolute atomic E-state index is 12.4. The second kappa shape index (κ2) is 44.0. The number of carbonyl (C=O) groups is 3. The molecule has 0 aliphatic heterocycles. The quantitative estimate of drug-likeness (QED) is 0.0536. The third kappa shape index (κ3) is 41.0. The lowest BCUT2D eigenvalue weighted by atomic mass is 9.82. The number of unbranched alkanes of at least 4 members (excludes halogenated alkanes) is 25. The summed E-state index contributed by atoms with van der Waals surface area (Å²) >= 11 is 0. The third-order valence-corrected chi connectivity index (χ3v) is 12.8. The summed E-state index contributed by atoms with van der Waals surface area (Å²) < 4.78 is 0. The number of hydrogen-bond donors (Lipinski definition) is 3. The Morgan fingerprint density at radius 3 is 1.18 bits per heavy atom. The molecule has 3 atom stereocenters. The number of nitrogens with one attached hydrogen (secondary N) is 3. The van der Waals surface area contributed by atoms with Gasteiger partial charge in [0.15, 0.2) is 0 Å². The zero-order chi connectivity index (χ0) is 41.9. The third-order valence-electron chi connectivity index (χ3n) is 12.8. The molecule has 3 unspecified atom stereocenters. The first-order chi connectivity index (χ1) is 27.8. The zero-order valence-corrected chi connectivity index (χ0v) is 39.2. The standard InChI is InChI=1S/C51H101N3O3/c1-6-8-10-12-14-16-17-18-19-20-21-22-23-25-27-31-37-48(39-34-42-50(56)52-5)38-32-28-29-33-40-49(41-35-43-51(57)54-45-44-53-47(4)55)46(3)36-30-26-24-15-13-11-9-7-2/h46,48-49H,6-45H2,1-5H3,(H,52,56)(H,53,55)(H,54,57). The predicted octanol–water partition coefficient (Wildman–Crippen LogP) is 14.7. The van der Waals surface area contributed by atoms with Crippen molar-refractivity contribution in [2.24, 2.45) is 17.8 Å². The van der Waals surface area contributed by atoms with E-state index >= 15 is 0 Å². The van der Waals surface area contributed by atoms with Crippen molar-refractivity contribution in [2.75, 3.05) is 20.1 Å². The van der Waals surface area contributed by atoms with Crippen LogP contribution < -0.4 is 16.0 Å². The Morgan fingerprint density at radius 2 is 0.737 bits per heavy atom. The number of amides is 3. The summed E-state index contributed by atoms with van der Waals surface area (Å²) in [5, 5.41) is 8.53. The van der Waals surface area contributed by atoms with Gasteiger partial charge in [0.1, 0.15) is 0 Å². The van der Waals surface area contributed by atoms with Crippen LogP contribution in [0.2, 0.25) is 0 Å². The molecule has 0 radical (unpaired) electrons. The van der Waals surface area contributed by atoms with E-state index in [1.54, 1.807) is 7.05 Å². The molecule has 0 saturated heterocycles. The molecule has 57 heavy (non-hydrogen) atoms. The lowest BCUT2D eigenvalue weighted by Gasteiger charge is -2.24. The van der Waals surface area contributed by atoms with Gasteiger partial charge in [0.2, 0.25) is 17.7 Å². The van der Waals surface area contributed by atoms with Gasteiger partial charge in [-0.3, -0.25) is 14.4 Å². The normalized spacial score (nSPS) is 13.0. The van der Waals surface area contributed by atoms with Gasteiger partial charge in [-0.1, -0.05) is 226 Å². The van der Waals surface area contributed by atoms with Crippen LogP contribution in [0.5, 0.6) is 0 Å². The van der Waals surface area contributed by atoms with Gasteiger partial charge in [-0.2, -0.15) is 0 Å². The Bertz CT molecular complexity index is 880.